The SMILES string of the molecule is COc1cccc(CNC(=O)CCNC(=O)c2ccc(Cl)cc2)c1. The second-order valence-electron chi connectivity index (χ2n) is 5.14. The average Bonchev–Trinajstić information content (AvgIpc) is 2.60. The first-order valence-corrected chi connectivity index (χ1v) is 7.89. The predicted molar refractivity (Wildman–Crippen MR) is 93.2 cm³/mol. The maximum Gasteiger partial charge on any atom is 0.251 e. The van der Waals surface area contributed by atoms with Gasteiger partial charge in [0.05, 0.1) is 7.11 Å². The summed E-state index contributed by atoms with van der Waals surface area (Å²) in [4.78, 5) is 23.7. The topological polar surface area (TPSA) is 67.4 Å². The van der Waals surface area contributed by atoms with E-state index in [2.05, 4.69) is 10.6 Å². The Morgan fingerprint density at radius 1 is 1.08 bits per heavy atom. The van der Waals surface area contributed by atoms with E-state index < -0.39 is 0 Å². The molecule has 2 amide bonds. The van der Waals surface area contributed by atoms with Crippen molar-refractivity contribution in [2.75, 3.05) is 13.7 Å². The van der Waals surface area contributed by atoms with Crippen LogP contribution in [0.5, 0.6) is 5.75 Å². The van der Waals surface area contributed by atoms with Crippen LogP contribution in [-0.2, 0) is 11.3 Å². The molecule has 2 rings (SSSR count). The molecule has 0 unspecified atom stereocenters. The first-order valence-electron chi connectivity index (χ1n) is 7.52. The standard InChI is InChI=1S/C18H19ClN2O3/c1-24-16-4-2-3-13(11-16)12-21-17(22)9-10-20-18(23)14-5-7-15(19)8-6-14/h2-8,11H,9-10,12H2,1H3,(H,20,23)(H,21,22). The van der Waals surface area contributed by atoms with E-state index in [1.165, 1.54) is 0 Å². The van der Waals surface area contributed by atoms with Gasteiger partial charge in [0.2, 0.25) is 5.91 Å². The van der Waals surface area contributed by atoms with Gasteiger partial charge in [-0.3, -0.25) is 9.59 Å². The molecule has 0 radical (unpaired) electrons. The van der Waals surface area contributed by atoms with Gasteiger partial charge < -0.3 is 15.4 Å². The molecule has 2 N–H and O–H groups in total. The summed E-state index contributed by atoms with van der Waals surface area (Å²) >= 11 is 5.77. The Morgan fingerprint density at radius 2 is 1.83 bits per heavy atom. The number of amides is 2. The summed E-state index contributed by atoms with van der Waals surface area (Å²) in [6, 6.07) is 14.1. The monoisotopic (exact) mass is 346 g/mol. The van der Waals surface area contributed by atoms with Gasteiger partial charge in [-0.1, -0.05) is 23.7 Å². The molecule has 2 aromatic carbocycles. The molecule has 126 valence electrons. The van der Waals surface area contributed by atoms with Crippen molar-refractivity contribution < 1.29 is 14.3 Å². The highest BCUT2D eigenvalue weighted by Gasteiger charge is 2.07. The van der Waals surface area contributed by atoms with Crippen LogP contribution >= 0.6 is 11.6 Å². The van der Waals surface area contributed by atoms with E-state index in [1.54, 1.807) is 31.4 Å². The van der Waals surface area contributed by atoms with E-state index in [9.17, 15) is 9.59 Å². The van der Waals surface area contributed by atoms with E-state index in [0.717, 1.165) is 11.3 Å². The maximum absolute atomic E-state index is 11.9. The Kier molecular flexibility index (Phi) is 6.63. The van der Waals surface area contributed by atoms with Crippen LogP contribution in [0.25, 0.3) is 0 Å². The van der Waals surface area contributed by atoms with Crippen molar-refractivity contribution >= 4 is 23.4 Å². The summed E-state index contributed by atoms with van der Waals surface area (Å²) in [5, 5.41) is 6.08. The third-order valence-corrected chi connectivity index (χ3v) is 3.62. The molecule has 0 aliphatic rings. The zero-order chi connectivity index (χ0) is 17.4. The van der Waals surface area contributed by atoms with Crippen LogP contribution in [0, 0.1) is 0 Å². The van der Waals surface area contributed by atoms with Crippen molar-refractivity contribution in [1.82, 2.24) is 10.6 Å². The van der Waals surface area contributed by atoms with Crippen LogP contribution in [0.4, 0.5) is 0 Å². The van der Waals surface area contributed by atoms with Crippen molar-refractivity contribution in [3.8, 4) is 5.75 Å². The van der Waals surface area contributed by atoms with Gasteiger partial charge in [-0.05, 0) is 42.0 Å². The third kappa shape index (κ3) is 5.59. The highest BCUT2D eigenvalue weighted by Crippen LogP contribution is 2.12. The summed E-state index contributed by atoms with van der Waals surface area (Å²) in [5.41, 5.74) is 1.46. The molecule has 0 fully saturated rings. The molecule has 2 aromatic rings. The van der Waals surface area contributed by atoms with Crippen molar-refractivity contribution in [3.63, 3.8) is 0 Å². The molecule has 0 spiro atoms. The van der Waals surface area contributed by atoms with Crippen LogP contribution < -0.4 is 15.4 Å². The highest BCUT2D eigenvalue weighted by molar-refractivity contribution is 6.30. The lowest BCUT2D eigenvalue weighted by Gasteiger charge is -2.08. The Labute approximate surface area is 146 Å². The number of benzene rings is 2. The molecule has 0 heterocycles. The number of carbonyl (C=O) groups excluding carboxylic acids is 2. The largest absolute Gasteiger partial charge is 0.497 e. The van der Waals surface area contributed by atoms with Crippen molar-refractivity contribution in [1.29, 1.82) is 0 Å². The number of hydrogen-bond donors (Lipinski definition) is 2. The summed E-state index contributed by atoms with van der Waals surface area (Å²) in [6.45, 7) is 0.687. The lowest BCUT2D eigenvalue weighted by molar-refractivity contribution is -0.121. The molecule has 0 saturated heterocycles. The van der Waals surface area contributed by atoms with Crippen LogP contribution in [-0.4, -0.2) is 25.5 Å². The van der Waals surface area contributed by atoms with Crippen LogP contribution in [0.2, 0.25) is 5.02 Å². The van der Waals surface area contributed by atoms with Gasteiger partial charge in [0.25, 0.3) is 5.91 Å². The van der Waals surface area contributed by atoms with Gasteiger partial charge >= 0.3 is 0 Å². The van der Waals surface area contributed by atoms with Crippen LogP contribution in [0.1, 0.15) is 22.3 Å². The summed E-state index contributed by atoms with van der Waals surface area (Å²) in [7, 11) is 1.60. The first-order chi connectivity index (χ1) is 11.6. The van der Waals surface area contributed by atoms with E-state index in [1.807, 2.05) is 24.3 Å². The lowest BCUT2D eigenvalue weighted by Crippen LogP contribution is -2.30. The number of hydrogen-bond acceptors (Lipinski definition) is 3. The quantitative estimate of drug-likeness (QED) is 0.810. The fourth-order valence-corrected chi connectivity index (χ4v) is 2.19. The van der Waals surface area contributed by atoms with Gasteiger partial charge in [0.1, 0.15) is 5.75 Å². The third-order valence-electron chi connectivity index (χ3n) is 3.37. The number of methoxy groups -OCH3 is 1. The first kappa shape index (κ1) is 17.8. The van der Waals surface area contributed by atoms with Gasteiger partial charge in [0.15, 0.2) is 0 Å². The Morgan fingerprint density at radius 3 is 2.54 bits per heavy atom. The Hall–Kier alpha value is -2.53. The maximum atomic E-state index is 11.9. The highest BCUT2D eigenvalue weighted by atomic mass is 35.5. The molecule has 0 saturated carbocycles. The van der Waals surface area contributed by atoms with Gasteiger partial charge in [0, 0.05) is 30.1 Å². The van der Waals surface area contributed by atoms with Crippen molar-refractivity contribution in [3.05, 3.63) is 64.7 Å². The smallest absolute Gasteiger partial charge is 0.251 e. The van der Waals surface area contributed by atoms with Crippen LogP contribution in [0.15, 0.2) is 48.5 Å². The van der Waals surface area contributed by atoms with Crippen LogP contribution in [0.3, 0.4) is 0 Å². The Balaban J connectivity index is 1.71. The molecular weight excluding hydrogens is 328 g/mol. The molecule has 5 nitrogen and oxygen atoms in total. The van der Waals surface area contributed by atoms with Gasteiger partial charge in [-0.15, -0.1) is 0 Å². The summed E-state index contributed by atoms with van der Waals surface area (Å²) < 4.78 is 5.13. The summed E-state index contributed by atoms with van der Waals surface area (Å²) in [5.74, 6) is 0.387. The van der Waals surface area contributed by atoms with E-state index in [-0.39, 0.29) is 24.8 Å². The zero-order valence-corrected chi connectivity index (χ0v) is 14.1. The van der Waals surface area contributed by atoms with Crippen molar-refractivity contribution in [2.24, 2.45) is 0 Å². The molecule has 0 aliphatic heterocycles. The molecule has 0 aromatic heterocycles. The molecule has 0 atom stereocenters. The van der Waals surface area contributed by atoms with Gasteiger partial charge in [-0.2, -0.15) is 0 Å². The fourth-order valence-electron chi connectivity index (χ4n) is 2.06. The van der Waals surface area contributed by atoms with Crippen molar-refractivity contribution in [2.45, 2.75) is 13.0 Å². The Bertz CT molecular complexity index is 702. The normalized spacial score (nSPS) is 10.1. The second kappa shape index (κ2) is 8.93. The van der Waals surface area contributed by atoms with E-state index in [0.29, 0.717) is 17.1 Å². The molecule has 0 aliphatic carbocycles. The van der Waals surface area contributed by atoms with Gasteiger partial charge in [-0.25, -0.2) is 0 Å². The number of rotatable bonds is 7. The number of ether oxygens (including phenoxy) is 1. The van der Waals surface area contributed by atoms with E-state index in [4.69, 9.17) is 16.3 Å². The molecule has 6 heteroatoms. The fraction of sp³-hybridized carbons (Fsp3) is 0.222. The number of nitrogens with one attached hydrogen (secondary N) is 2. The average molecular weight is 347 g/mol. The molecule has 24 heavy (non-hydrogen) atoms. The summed E-state index contributed by atoms with van der Waals surface area (Å²) in [6.07, 6.45) is 0.212. The zero-order valence-electron chi connectivity index (χ0n) is 13.3. The van der Waals surface area contributed by atoms with E-state index >= 15 is 0 Å². The number of carbonyl (C=O) groups is 2. The number of halogens is 1. The lowest BCUT2D eigenvalue weighted by atomic mass is 10.2. The minimum atomic E-state index is -0.229. The second-order valence-corrected chi connectivity index (χ2v) is 5.58. The minimum Gasteiger partial charge on any atom is -0.497 e. The minimum absolute atomic E-state index is 0.130. The predicted octanol–water partition coefficient (Wildman–Crippen LogP) is 2.78. The molecule has 0 bridgehead atoms. The molecular formula is C18H19ClN2O3.